The average molecular weight is 313 g/mol. The van der Waals surface area contributed by atoms with E-state index in [-0.39, 0.29) is 11.5 Å². The van der Waals surface area contributed by atoms with Gasteiger partial charge >= 0.3 is 0 Å². The highest BCUT2D eigenvalue weighted by Crippen LogP contribution is 2.33. The van der Waals surface area contributed by atoms with Gasteiger partial charge in [-0.25, -0.2) is 0 Å². The second-order valence-corrected chi connectivity index (χ2v) is 5.52. The van der Waals surface area contributed by atoms with Crippen LogP contribution in [0.3, 0.4) is 0 Å². The van der Waals surface area contributed by atoms with Gasteiger partial charge in [-0.2, -0.15) is 5.10 Å². The molecule has 0 fully saturated rings. The summed E-state index contributed by atoms with van der Waals surface area (Å²) in [6.45, 7) is 4.00. The molecule has 0 saturated carbocycles. The van der Waals surface area contributed by atoms with Gasteiger partial charge in [0.2, 0.25) is 0 Å². The number of H-pyrrole nitrogens is 1. The number of para-hydroxylation sites is 1. The first-order valence-corrected chi connectivity index (χ1v) is 7.16. The molecule has 1 heterocycles. The highest BCUT2D eigenvalue weighted by Gasteiger charge is 2.17. The molecule has 0 aliphatic heterocycles. The molecule has 22 heavy (non-hydrogen) atoms. The van der Waals surface area contributed by atoms with Crippen LogP contribution in [0.15, 0.2) is 36.4 Å². The molecule has 5 nitrogen and oxygen atoms in total. The molecule has 0 bridgehead atoms. The molecule has 0 atom stereocenters. The van der Waals surface area contributed by atoms with Crippen LogP contribution in [0.4, 0.5) is 0 Å². The van der Waals surface area contributed by atoms with Gasteiger partial charge in [-0.1, -0.05) is 18.2 Å². The number of hydrogen-bond acceptors (Lipinski definition) is 4. The van der Waals surface area contributed by atoms with Crippen molar-refractivity contribution in [1.82, 2.24) is 14.8 Å². The summed E-state index contributed by atoms with van der Waals surface area (Å²) >= 11 is 5.36. The Labute approximate surface area is 132 Å². The van der Waals surface area contributed by atoms with E-state index in [1.54, 1.807) is 10.6 Å². The second-order valence-electron chi connectivity index (χ2n) is 5.13. The summed E-state index contributed by atoms with van der Waals surface area (Å²) in [6.07, 6.45) is 0. The zero-order valence-electron chi connectivity index (χ0n) is 12.2. The fourth-order valence-corrected chi connectivity index (χ4v) is 2.78. The van der Waals surface area contributed by atoms with Crippen LogP contribution in [0.1, 0.15) is 11.1 Å². The lowest BCUT2D eigenvalue weighted by Gasteiger charge is -2.13. The van der Waals surface area contributed by atoms with E-state index in [0.717, 1.165) is 16.8 Å². The molecule has 0 spiro atoms. The lowest BCUT2D eigenvalue weighted by Crippen LogP contribution is -2.02. The van der Waals surface area contributed by atoms with Crippen LogP contribution in [0.5, 0.6) is 11.5 Å². The highest BCUT2D eigenvalue weighted by molar-refractivity contribution is 7.71. The summed E-state index contributed by atoms with van der Waals surface area (Å²) in [7, 11) is 0. The number of aryl methyl sites for hydroxylation is 2. The number of hydrogen-bond donors (Lipinski definition) is 3. The van der Waals surface area contributed by atoms with Crippen molar-refractivity contribution in [2.45, 2.75) is 13.8 Å². The molecule has 0 aliphatic carbocycles. The van der Waals surface area contributed by atoms with E-state index in [9.17, 15) is 10.2 Å². The number of phenols is 2. The Hall–Kier alpha value is -2.60. The minimum atomic E-state index is -0.0542. The first kappa shape index (κ1) is 14.3. The maximum atomic E-state index is 10.1. The molecule has 0 aliphatic rings. The third-order valence-electron chi connectivity index (χ3n) is 3.56. The lowest BCUT2D eigenvalue weighted by atomic mass is 10.1. The SMILES string of the molecule is Cc1cccc(C)c1-n1c(-c2ccc(O)cc2O)n[nH]c1=S. The molecule has 6 heteroatoms. The van der Waals surface area contributed by atoms with Crippen LogP contribution in [0.25, 0.3) is 17.1 Å². The number of phenolic OH excluding ortho intramolecular Hbond substituents is 2. The van der Waals surface area contributed by atoms with Crippen LogP contribution in [-0.4, -0.2) is 25.0 Å². The van der Waals surface area contributed by atoms with E-state index in [2.05, 4.69) is 10.2 Å². The quantitative estimate of drug-likeness (QED) is 0.632. The number of benzene rings is 2. The molecule has 0 amide bonds. The lowest BCUT2D eigenvalue weighted by molar-refractivity contribution is 0.451. The third kappa shape index (κ3) is 2.27. The molecule has 0 unspecified atom stereocenters. The highest BCUT2D eigenvalue weighted by atomic mass is 32.1. The van der Waals surface area contributed by atoms with Gasteiger partial charge in [0.25, 0.3) is 0 Å². The van der Waals surface area contributed by atoms with Crippen molar-refractivity contribution in [1.29, 1.82) is 0 Å². The molecule has 3 rings (SSSR count). The van der Waals surface area contributed by atoms with E-state index in [1.165, 1.54) is 12.1 Å². The predicted octanol–water partition coefficient (Wildman–Crippen LogP) is 3.62. The summed E-state index contributed by atoms with van der Waals surface area (Å²) in [5.74, 6) is 0.440. The minimum Gasteiger partial charge on any atom is -0.508 e. The van der Waals surface area contributed by atoms with Crippen LogP contribution in [0, 0.1) is 18.6 Å². The van der Waals surface area contributed by atoms with E-state index < -0.39 is 0 Å². The first-order valence-electron chi connectivity index (χ1n) is 6.75. The third-order valence-corrected chi connectivity index (χ3v) is 3.83. The number of aromatic nitrogens is 3. The Bertz CT molecular complexity index is 892. The fraction of sp³-hybridized carbons (Fsp3) is 0.125. The smallest absolute Gasteiger partial charge is 0.200 e. The zero-order valence-corrected chi connectivity index (χ0v) is 13.0. The molecule has 0 saturated heterocycles. The molecule has 2 aromatic carbocycles. The van der Waals surface area contributed by atoms with Gasteiger partial charge in [-0.15, -0.1) is 0 Å². The standard InChI is InChI=1S/C16H15N3O2S/c1-9-4-3-5-10(2)14(9)19-15(17-18-16(19)22)12-7-6-11(20)8-13(12)21/h3-8,20-21H,1-2H3,(H,18,22). The minimum absolute atomic E-state index is 0.00555. The fourth-order valence-electron chi connectivity index (χ4n) is 2.55. The van der Waals surface area contributed by atoms with Crippen molar-refractivity contribution in [3.05, 3.63) is 52.3 Å². The van der Waals surface area contributed by atoms with Gasteiger partial charge in [-0.05, 0) is 49.3 Å². The summed E-state index contributed by atoms with van der Waals surface area (Å²) in [5.41, 5.74) is 3.53. The van der Waals surface area contributed by atoms with Crippen LogP contribution >= 0.6 is 12.2 Å². The van der Waals surface area contributed by atoms with Gasteiger partial charge < -0.3 is 10.2 Å². The largest absolute Gasteiger partial charge is 0.508 e. The Morgan fingerprint density at radius 1 is 1.09 bits per heavy atom. The average Bonchev–Trinajstić information content (AvgIpc) is 2.81. The van der Waals surface area contributed by atoms with Gasteiger partial charge in [0.15, 0.2) is 10.6 Å². The Morgan fingerprint density at radius 3 is 2.41 bits per heavy atom. The van der Waals surface area contributed by atoms with Crippen molar-refractivity contribution in [2.24, 2.45) is 0 Å². The number of aromatic amines is 1. The number of nitrogens with zero attached hydrogens (tertiary/aromatic N) is 2. The van der Waals surface area contributed by atoms with E-state index >= 15 is 0 Å². The predicted molar refractivity (Wildman–Crippen MR) is 87.0 cm³/mol. The molecular formula is C16H15N3O2S. The van der Waals surface area contributed by atoms with Gasteiger partial charge in [-0.3, -0.25) is 9.67 Å². The zero-order chi connectivity index (χ0) is 15.9. The molecule has 3 aromatic rings. The molecule has 3 N–H and O–H groups in total. The van der Waals surface area contributed by atoms with Crippen molar-refractivity contribution < 1.29 is 10.2 Å². The van der Waals surface area contributed by atoms with Crippen LogP contribution in [0.2, 0.25) is 0 Å². The molecular weight excluding hydrogens is 298 g/mol. The summed E-state index contributed by atoms with van der Waals surface area (Å²) in [5, 5.41) is 26.6. The summed E-state index contributed by atoms with van der Waals surface area (Å²) < 4.78 is 2.24. The number of aromatic hydroxyl groups is 2. The van der Waals surface area contributed by atoms with Gasteiger partial charge in [0.05, 0.1) is 11.3 Å². The monoisotopic (exact) mass is 313 g/mol. The molecule has 112 valence electrons. The Balaban J connectivity index is 2.32. The van der Waals surface area contributed by atoms with Gasteiger partial charge in [0, 0.05) is 6.07 Å². The first-order chi connectivity index (χ1) is 10.5. The maximum Gasteiger partial charge on any atom is 0.200 e. The summed E-state index contributed by atoms with van der Waals surface area (Å²) in [4.78, 5) is 0. The second kappa shape index (κ2) is 5.31. The van der Waals surface area contributed by atoms with Crippen molar-refractivity contribution >= 4 is 12.2 Å². The molecule has 0 radical (unpaired) electrons. The Kier molecular flexibility index (Phi) is 3.46. The van der Waals surface area contributed by atoms with E-state index in [1.807, 2.05) is 32.0 Å². The van der Waals surface area contributed by atoms with Crippen molar-refractivity contribution in [2.75, 3.05) is 0 Å². The topological polar surface area (TPSA) is 74.1 Å². The van der Waals surface area contributed by atoms with Crippen LogP contribution in [-0.2, 0) is 0 Å². The maximum absolute atomic E-state index is 10.1. The molecule has 1 aromatic heterocycles. The van der Waals surface area contributed by atoms with Gasteiger partial charge in [0.1, 0.15) is 11.5 Å². The van der Waals surface area contributed by atoms with E-state index in [4.69, 9.17) is 12.2 Å². The normalized spacial score (nSPS) is 10.8. The number of rotatable bonds is 2. The Morgan fingerprint density at radius 2 is 1.77 bits per heavy atom. The van der Waals surface area contributed by atoms with Crippen molar-refractivity contribution in [3.8, 4) is 28.6 Å². The summed E-state index contributed by atoms with van der Waals surface area (Å²) in [6, 6.07) is 10.4. The van der Waals surface area contributed by atoms with E-state index in [0.29, 0.717) is 16.2 Å². The number of nitrogens with one attached hydrogen (secondary N) is 1. The van der Waals surface area contributed by atoms with Crippen molar-refractivity contribution in [3.63, 3.8) is 0 Å². The van der Waals surface area contributed by atoms with Crippen LogP contribution < -0.4 is 0 Å².